The van der Waals surface area contributed by atoms with Gasteiger partial charge in [0, 0.05) is 24.4 Å². The van der Waals surface area contributed by atoms with Crippen molar-refractivity contribution >= 4 is 11.3 Å². The second kappa shape index (κ2) is 5.04. The highest BCUT2D eigenvalue weighted by molar-refractivity contribution is 7.09. The predicted octanol–water partition coefficient (Wildman–Crippen LogP) is 2.80. The Hall–Kier alpha value is -0.450. The minimum absolute atomic E-state index is 0.216. The maximum Gasteiger partial charge on any atom is 0.123 e. The third-order valence-electron chi connectivity index (χ3n) is 3.50. The molecule has 0 amide bonds. The fourth-order valence-corrected chi connectivity index (χ4v) is 3.33. The van der Waals surface area contributed by atoms with Crippen molar-refractivity contribution < 1.29 is 4.74 Å². The molecule has 2 heterocycles. The lowest BCUT2D eigenvalue weighted by Crippen LogP contribution is -2.38. The number of aromatic nitrogens is 1. The van der Waals surface area contributed by atoms with E-state index in [1.54, 1.807) is 11.3 Å². The molecule has 0 N–H and O–H groups in total. The van der Waals surface area contributed by atoms with Crippen molar-refractivity contribution in [3.63, 3.8) is 0 Å². The van der Waals surface area contributed by atoms with Crippen LogP contribution in [0.2, 0.25) is 0 Å². The van der Waals surface area contributed by atoms with Crippen LogP contribution in [0.15, 0.2) is 5.38 Å². The Morgan fingerprint density at radius 1 is 1.53 bits per heavy atom. The SMILES string of the molecule is CCCN1CCOC(c2nc(C3CC3)cs2)C1. The van der Waals surface area contributed by atoms with Gasteiger partial charge >= 0.3 is 0 Å². The zero-order valence-electron chi connectivity index (χ0n) is 10.4. The van der Waals surface area contributed by atoms with Gasteiger partial charge in [-0.25, -0.2) is 4.98 Å². The summed E-state index contributed by atoms with van der Waals surface area (Å²) in [7, 11) is 0. The maximum atomic E-state index is 5.86. The molecule has 1 saturated heterocycles. The Bertz CT molecular complexity index is 373. The fourth-order valence-electron chi connectivity index (χ4n) is 2.39. The van der Waals surface area contributed by atoms with E-state index in [-0.39, 0.29) is 6.10 Å². The summed E-state index contributed by atoms with van der Waals surface area (Å²) in [5, 5.41) is 3.42. The minimum Gasteiger partial charge on any atom is -0.368 e. The molecule has 3 nitrogen and oxygen atoms in total. The van der Waals surface area contributed by atoms with E-state index >= 15 is 0 Å². The molecular formula is C13H20N2OS. The number of hydrogen-bond donors (Lipinski definition) is 0. The summed E-state index contributed by atoms with van der Waals surface area (Å²) in [4.78, 5) is 7.25. The fraction of sp³-hybridized carbons (Fsp3) is 0.769. The number of hydrogen-bond acceptors (Lipinski definition) is 4. The average Bonchev–Trinajstić information content (AvgIpc) is 3.08. The van der Waals surface area contributed by atoms with Gasteiger partial charge in [-0.15, -0.1) is 11.3 Å². The summed E-state index contributed by atoms with van der Waals surface area (Å²) in [5.41, 5.74) is 1.31. The van der Waals surface area contributed by atoms with Gasteiger partial charge in [-0.1, -0.05) is 6.92 Å². The normalized spacial score (nSPS) is 26.3. The van der Waals surface area contributed by atoms with E-state index < -0.39 is 0 Å². The van der Waals surface area contributed by atoms with Crippen molar-refractivity contribution in [2.75, 3.05) is 26.2 Å². The van der Waals surface area contributed by atoms with Crippen LogP contribution in [0.5, 0.6) is 0 Å². The van der Waals surface area contributed by atoms with E-state index in [0.29, 0.717) is 0 Å². The summed E-state index contributed by atoms with van der Waals surface area (Å²) in [6.45, 7) is 6.36. The molecule has 1 aromatic rings. The largest absolute Gasteiger partial charge is 0.368 e. The number of nitrogens with zero attached hydrogens (tertiary/aromatic N) is 2. The highest BCUT2D eigenvalue weighted by atomic mass is 32.1. The molecule has 1 unspecified atom stereocenters. The lowest BCUT2D eigenvalue weighted by molar-refractivity contribution is -0.0299. The molecule has 1 aliphatic carbocycles. The molecular weight excluding hydrogens is 232 g/mol. The Kier molecular flexibility index (Phi) is 3.45. The molecule has 2 aliphatic rings. The first-order chi connectivity index (χ1) is 8.36. The number of thiazole rings is 1. The van der Waals surface area contributed by atoms with Gasteiger partial charge in [0.15, 0.2) is 0 Å². The third-order valence-corrected chi connectivity index (χ3v) is 4.46. The standard InChI is InChI=1S/C13H20N2OS/c1-2-5-15-6-7-16-12(8-15)13-14-11(9-17-13)10-3-4-10/h9-10,12H,2-8H2,1H3. The van der Waals surface area contributed by atoms with Crippen LogP contribution in [0.3, 0.4) is 0 Å². The van der Waals surface area contributed by atoms with Crippen molar-refractivity contribution in [1.82, 2.24) is 9.88 Å². The van der Waals surface area contributed by atoms with Crippen molar-refractivity contribution in [3.05, 3.63) is 16.1 Å². The molecule has 2 fully saturated rings. The van der Waals surface area contributed by atoms with E-state index in [1.807, 2.05) is 0 Å². The van der Waals surface area contributed by atoms with Gasteiger partial charge in [0.2, 0.25) is 0 Å². The van der Waals surface area contributed by atoms with Crippen LogP contribution in [-0.4, -0.2) is 36.1 Å². The molecule has 1 saturated carbocycles. The van der Waals surface area contributed by atoms with Crippen LogP contribution < -0.4 is 0 Å². The topological polar surface area (TPSA) is 25.4 Å². The Morgan fingerprint density at radius 2 is 2.41 bits per heavy atom. The van der Waals surface area contributed by atoms with Gasteiger partial charge in [-0.3, -0.25) is 4.90 Å². The highest BCUT2D eigenvalue weighted by Gasteiger charge is 2.29. The summed E-state index contributed by atoms with van der Waals surface area (Å²) in [5.74, 6) is 0.760. The predicted molar refractivity (Wildman–Crippen MR) is 69.5 cm³/mol. The van der Waals surface area contributed by atoms with Gasteiger partial charge < -0.3 is 4.74 Å². The first-order valence-corrected chi connectivity index (χ1v) is 7.54. The first kappa shape index (κ1) is 11.6. The van der Waals surface area contributed by atoms with Gasteiger partial charge in [0.05, 0.1) is 12.3 Å². The average molecular weight is 252 g/mol. The van der Waals surface area contributed by atoms with Crippen molar-refractivity contribution in [1.29, 1.82) is 0 Å². The summed E-state index contributed by atoms with van der Waals surface area (Å²) in [6.07, 6.45) is 4.10. The van der Waals surface area contributed by atoms with Crippen LogP contribution in [-0.2, 0) is 4.74 Å². The molecule has 4 heteroatoms. The van der Waals surface area contributed by atoms with E-state index in [0.717, 1.165) is 25.6 Å². The molecule has 1 atom stereocenters. The molecule has 0 aromatic carbocycles. The van der Waals surface area contributed by atoms with Crippen LogP contribution >= 0.6 is 11.3 Å². The lowest BCUT2D eigenvalue weighted by Gasteiger charge is -2.31. The number of ether oxygens (including phenoxy) is 1. The Morgan fingerprint density at radius 3 is 3.18 bits per heavy atom. The molecule has 17 heavy (non-hydrogen) atoms. The summed E-state index contributed by atoms with van der Waals surface area (Å²) >= 11 is 1.78. The molecule has 0 bridgehead atoms. The van der Waals surface area contributed by atoms with Crippen molar-refractivity contribution in [3.8, 4) is 0 Å². The smallest absolute Gasteiger partial charge is 0.123 e. The van der Waals surface area contributed by atoms with Crippen LogP contribution in [0.4, 0.5) is 0 Å². The zero-order valence-corrected chi connectivity index (χ0v) is 11.2. The first-order valence-electron chi connectivity index (χ1n) is 6.66. The maximum absolute atomic E-state index is 5.86. The Labute approximate surface area is 107 Å². The van der Waals surface area contributed by atoms with E-state index in [2.05, 4.69) is 17.2 Å². The molecule has 1 aliphatic heterocycles. The highest BCUT2D eigenvalue weighted by Crippen LogP contribution is 2.41. The zero-order chi connectivity index (χ0) is 11.7. The van der Waals surface area contributed by atoms with Crippen molar-refractivity contribution in [2.24, 2.45) is 0 Å². The summed E-state index contributed by atoms with van der Waals surface area (Å²) < 4.78 is 5.86. The monoisotopic (exact) mass is 252 g/mol. The van der Waals surface area contributed by atoms with E-state index in [4.69, 9.17) is 9.72 Å². The summed E-state index contributed by atoms with van der Waals surface area (Å²) in [6, 6.07) is 0. The van der Waals surface area contributed by atoms with Gasteiger partial charge in [0.1, 0.15) is 11.1 Å². The lowest BCUT2D eigenvalue weighted by atomic mass is 10.2. The van der Waals surface area contributed by atoms with Crippen LogP contribution in [0.25, 0.3) is 0 Å². The van der Waals surface area contributed by atoms with E-state index in [1.165, 1.54) is 36.5 Å². The molecule has 0 radical (unpaired) electrons. The number of morpholine rings is 1. The van der Waals surface area contributed by atoms with Crippen molar-refractivity contribution in [2.45, 2.75) is 38.2 Å². The Balaban J connectivity index is 1.65. The van der Waals surface area contributed by atoms with Crippen LogP contribution in [0, 0.1) is 0 Å². The minimum atomic E-state index is 0.216. The molecule has 3 rings (SSSR count). The molecule has 94 valence electrons. The second-order valence-electron chi connectivity index (χ2n) is 5.04. The van der Waals surface area contributed by atoms with E-state index in [9.17, 15) is 0 Å². The third kappa shape index (κ3) is 2.69. The molecule has 1 aromatic heterocycles. The molecule has 0 spiro atoms. The van der Waals surface area contributed by atoms with Gasteiger partial charge in [0.25, 0.3) is 0 Å². The van der Waals surface area contributed by atoms with Gasteiger partial charge in [-0.2, -0.15) is 0 Å². The number of rotatable bonds is 4. The second-order valence-corrected chi connectivity index (χ2v) is 5.93. The van der Waals surface area contributed by atoms with Crippen LogP contribution in [0.1, 0.15) is 48.9 Å². The quantitative estimate of drug-likeness (QED) is 0.824. The van der Waals surface area contributed by atoms with Gasteiger partial charge in [-0.05, 0) is 25.8 Å².